The molecule has 1 aliphatic carbocycles. The van der Waals surface area contributed by atoms with E-state index in [-0.39, 0.29) is 5.41 Å². The van der Waals surface area contributed by atoms with Gasteiger partial charge >= 0.3 is 0 Å². The summed E-state index contributed by atoms with van der Waals surface area (Å²) >= 11 is 0. The summed E-state index contributed by atoms with van der Waals surface area (Å²) in [4.78, 5) is 4.55. The lowest BCUT2D eigenvalue weighted by molar-refractivity contribution is 0.775. The van der Waals surface area contributed by atoms with Gasteiger partial charge in [-0.25, -0.2) is 0 Å². The third-order valence-corrected chi connectivity index (χ3v) is 2.82. The van der Waals surface area contributed by atoms with Crippen LogP contribution in [0.2, 0.25) is 0 Å². The second kappa shape index (κ2) is 3.09. The predicted molar refractivity (Wildman–Crippen MR) is 54.9 cm³/mol. The fraction of sp³-hybridized carbons (Fsp3) is 0.500. The molecule has 72 valence electrons. The summed E-state index contributed by atoms with van der Waals surface area (Å²) < 4.78 is 0. The van der Waals surface area contributed by atoms with Crippen molar-refractivity contribution in [1.82, 2.24) is 4.98 Å². The summed E-state index contributed by atoms with van der Waals surface area (Å²) in [6.45, 7) is 4.25. The molecule has 1 heterocycles. The Balaban J connectivity index is 2.37. The Morgan fingerprint density at radius 3 is 2.64 bits per heavy atom. The Morgan fingerprint density at radius 2 is 2.14 bits per heavy atom. The van der Waals surface area contributed by atoms with E-state index in [0.717, 1.165) is 24.2 Å². The number of rotatable bonds is 2. The molecule has 2 rings (SSSR count). The molecular weight excluding hydrogens is 172 g/mol. The zero-order chi connectivity index (χ0) is 10.2. The molecule has 0 spiro atoms. The smallest absolute Gasteiger partial charge is 0.0994 e. The molecule has 0 saturated heterocycles. The number of hydrogen-bond acceptors (Lipinski definition) is 2. The van der Waals surface area contributed by atoms with Crippen LogP contribution < -0.4 is 0 Å². The quantitative estimate of drug-likeness (QED) is 0.712. The van der Waals surface area contributed by atoms with Crippen LogP contribution in [0.5, 0.6) is 0 Å². The highest BCUT2D eigenvalue weighted by Crippen LogP contribution is 2.46. The summed E-state index contributed by atoms with van der Waals surface area (Å²) in [6, 6.07) is 8.39. The first-order chi connectivity index (χ1) is 6.68. The van der Waals surface area contributed by atoms with Crippen LogP contribution in [0.1, 0.15) is 44.0 Å². The molecule has 1 fully saturated rings. The molecule has 2 nitrogen and oxygen atoms in total. The van der Waals surface area contributed by atoms with Crippen molar-refractivity contribution in [2.45, 2.75) is 38.0 Å². The first-order valence-corrected chi connectivity index (χ1v) is 5.07. The van der Waals surface area contributed by atoms with Gasteiger partial charge in [-0.1, -0.05) is 19.9 Å². The molecule has 0 unspecified atom stereocenters. The van der Waals surface area contributed by atoms with Crippen molar-refractivity contribution < 1.29 is 0 Å². The molecule has 14 heavy (non-hydrogen) atoms. The summed E-state index contributed by atoms with van der Waals surface area (Å²) in [5, 5.41) is 9.05. The third kappa shape index (κ3) is 1.39. The molecule has 0 radical (unpaired) electrons. The van der Waals surface area contributed by atoms with Crippen LogP contribution >= 0.6 is 0 Å². The minimum atomic E-state index is -0.245. The molecule has 0 atom stereocenters. The van der Waals surface area contributed by atoms with Crippen molar-refractivity contribution in [3.8, 4) is 6.07 Å². The lowest BCUT2D eigenvalue weighted by atomic mass is 10.0. The zero-order valence-electron chi connectivity index (χ0n) is 8.62. The monoisotopic (exact) mass is 186 g/mol. The number of pyridine rings is 1. The molecule has 2 heteroatoms. The van der Waals surface area contributed by atoms with Crippen molar-refractivity contribution >= 4 is 0 Å². The van der Waals surface area contributed by atoms with Crippen LogP contribution in [-0.4, -0.2) is 4.98 Å². The Hall–Kier alpha value is -1.36. The molecular formula is C12H14N2. The van der Waals surface area contributed by atoms with Gasteiger partial charge in [-0.05, 0) is 30.9 Å². The fourth-order valence-electron chi connectivity index (χ4n) is 1.59. The first-order valence-electron chi connectivity index (χ1n) is 5.07. The highest BCUT2D eigenvalue weighted by atomic mass is 14.8. The maximum atomic E-state index is 9.05. The maximum Gasteiger partial charge on any atom is 0.0994 e. The predicted octanol–water partition coefficient (Wildman–Crippen LogP) is 2.76. The summed E-state index contributed by atoms with van der Waals surface area (Å²) in [7, 11) is 0. The van der Waals surface area contributed by atoms with Gasteiger partial charge in [0.15, 0.2) is 0 Å². The van der Waals surface area contributed by atoms with Gasteiger partial charge in [0.2, 0.25) is 0 Å². The first kappa shape index (κ1) is 9.21. The van der Waals surface area contributed by atoms with Crippen LogP contribution in [0.15, 0.2) is 18.2 Å². The molecule has 1 aromatic rings. The number of aromatic nitrogens is 1. The molecule has 1 aliphatic rings. The van der Waals surface area contributed by atoms with Crippen molar-refractivity contribution in [3.63, 3.8) is 0 Å². The van der Waals surface area contributed by atoms with Gasteiger partial charge in [-0.2, -0.15) is 5.26 Å². The van der Waals surface area contributed by atoms with E-state index in [4.69, 9.17) is 5.26 Å². The number of hydrogen-bond donors (Lipinski definition) is 0. The Kier molecular flexibility index (Phi) is 2.03. The number of nitriles is 1. The second-order valence-electron chi connectivity index (χ2n) is 4.30. The minimum Gasteiger partial charge on any atom is -0.256 e. The van der Waals surface area contributed by atoms with Crippen molar-refractivity contribution in [2.24, 2.45) is 0 Å². The van der Waals surface area contributed by atoms with Gasteiger partial charge < -0.3 is 0 Å². The van der Waals surface area contributed by atoms with Crippen molar-refractivity contribution in [1.29, 1.82) is 5.26 Å². The zero-order valence-corrected chi connectivity index (χ0v) is 8.62. The van der Waals surface area contributed by atoms with Crippen LogP contribution in [0.4, 0.5) is 0 Å². The lowest BCUT2D eigenvalue weighted by Gasteiger charge is -2.09. The highest BCUT2D eigenvalue weighted by molar-refractivity contribution is 5.34. The van der Waals surface area contributed by atoms with E-state index >= 15 is 0 Å². The van der Waals surface area contributed by atoms with Gasteiger partial charge in [-0.3, -0.25) is 4.98 Å². The highest BCUT2D eigenvalue weighted by Gasteiger charge is 2.46. The van der Waals surface area contributed by atoms with E-state index in [9.17, 15) is 0 Å². The maximum absolute atomic E-state index is 9.05. The molecule has 1 saturated carbocycles. The van der Waals surface area contributed by atoms with Gasteiger partial charge in [0.25, 0.3) is 0 Å². The molecule has 0 amide bonds. The summed E-state index contributed by atoms with van der Waals surface area (Å²) in [5.74, 6) is 0.435. The van der Waals surface area contributed by atoms with Crippen LogP contribution in [0.3, 0.4) is 0 Å². The molecule has 0 aromatic carbocycles. The SMILES string of the molecule is CC(C)c1cccc(C2(C#N)CC2)n1. The normalized spacial score (nSPS) is 17.9. The van der Waals surface area contributed by atoms with Gasteiger partial charge in [0, 0.05) is 5.69 Å². The van der Waals surface area contributed by atoms with E-state index < -0.39 is 0 Å². The average Bonchev–Trinajstić information content (AvgIpc) is 2.98. The number of nitrogens with zero attached hydrogens (tertiary/aromatic N) is 2. The third-order valence-electron chi connectivity index (χ3n) is 2.82. The largest absolute Gasteiger partial charge is 0.256 e. The van der Waals surface area contributed by atoms with Crippen LogP contribution in [0.25, 0.3) is 0 Å². The molecule has 1 aromatic heterocycles. The Bertz CT molecular complexity index is 384. The standard InChI is InChI=1S/C12H14N2/c1-9(2)10-4-3-5-11(14-10)12(8-13)6-7-12/h3-5,9H,6-7H2,1-2H3. The Morgan fingerprint density at radius 1 is 1.43 bits per heavy atom. The van der Waals surface area contributed by atoms with E-state index in [2.05, 4.69) is 24.9 Å². The lowest BCUT2D eigenvalue weighted by Crippen LogP contribution is -2.07. The van der Waals surface area contributed by atoms with Gasteiger partial charge in [-0.15, -0.1) is 0 Å². The van der Waals surface area contributed by atoms with E-state index in [1.165, 1.54) is 0 Å². The van der Waals surface area contributed by atoms with Crippen molar-refractivity contribution in [3.05, 3.63) is 29.6 Å². The van der Waals surface area contributed by atoms with Gasteiger partial charge in [0.1, 0.15) is 0 Å². The van der Waals surface area contributed by atoms with Crippen LogP contribution in [0, 0.1) is 11.3 Å². The molecule has 0 bridgehead atoms. The second-order valence-corrected chi connectivity index (χ2v) is 4.30. The van der Waals surface area contributed by atoms with E-state index in [0.29, 0.717) is 5.92 Å². The van der Waals surface area contributed by atoms with E-state index in [1.54, 1.807) is 0 Å². The minimum absolute atomic E-state index is 0.245. The topological polar surface area (TPSA) is 36.7 Å². The van der Waals surface area contributed by atoms with Crippen molar-refractivity contribution in [2.75, 3.05) is 0 Å². The van der Waals surface area contributed by atoms with Gasteiger partial charge in [0.05, 0.1) is 17.2 Å². The summed E-state index contributed by atoms with van der Waals surface area (Å²) in [5.41, 5.74) is 1.81. The molecule has 0 N–H and O–H groups in total. The fourth-order valence-corrected chi connectivity index (χ4v) is 1.59. The molecule has 0 aliphatic heterocycles. The summed E-state index contributed by atoms with van der Waals surface area (Å²) in [6.07, 6.45) is 1.94. The van der Waals surface area contributed by atoms with E-state index in [1.807, 2.05) is 18.2 Å². The average molecular weight is 186 g/mol. The Labute approximate surface area is 84.6 Å². The van der Waals surface area contributed by atoms with Crippen LogP contribution in [-0.2, 0) is 5.41 Å².